The van der Waals surface area contributed by atoms with Gasteiger partial charge in [0.15, 0.2) is 0 Å². The van der Waals surface area contributed by atoms with Crippen molar-refractivity contribution in [3.8, 4) is 0 Å². The maximum absolute atomic E-state index is 12.0. The summed E-state index contributed by atoms with van der Waals surface area (Å²) in [6, 6.07) is 4.22. The summed E-state index contributed by atoms with van der Waals surface area (Å²) in [7, 11) is -1.61. The van der Waals surface area contributed by atoms with E-state index in [1.165, 1.54) is 7.11 Å². The van der Waals surface area contributed by atoms with E-state index in [4.69, 9.17) is 4.74 Å². The fourth-order valence-corrected chi connectivity index (χ4v) is 4.94. The van der Waals surface area contributed by atoms with E-state index in [9.17, 15) is 4.79 Å². The van der Waals surface area contributed by atoms with Crippen LogP contribution in [0, 0.1) is 0 Å². The van der Waals surface area contributed by atoms with Gasteiger partial charge in [-0.05, 0) is 12.1 Å². The van der Waals surface area contributed by atoms with Gasteiger partial charge in [0, 0.05) is 10.6 Å². The van der Waals surface area contributed by atoms with Crippen LogP contribution in [0.4, 0.5) is 4.79 Å². The summed E-state index contributed by atoms with van der Waals surface area (Å²) in [5.41, 5.74) is 0. The van der Waals surface area contributed by atoms with Crippen LogP contribution < -0.4 is 10.6 Å². The number of ether oxygens (including phenoxy) is 1. The molecule has 0 aliphatic rings. The summed E-state index contributed by atoms with van der Waals surface area (Å²) >= 11 is 0. The largest absolute Gasteiger partial charge is 0.452 e. The first-order valence-corrected chi connectivity index (χ1v) is 12.9. The van der Waals surface area contributed by atoms with E-state index in [0.717, 1.165) is 10.6 Å². The van der Waals surface area contributed by atoms with E-state index in [2.05, 4.69) is 51.4 Å². The predicted molar refractivity (Wildman–Crippen MR) is 78.2 cm³/mol. The van der Waals surface area contributed by atoms with Crippen molar-refractivity contribution in [1.82, 2.24) is 4.57 Å². The second-order valence-electron chi connectivity index (χ2n) is 6.41. The molecule has 1 aromatic rings. The second kappa shape index (κ2) is 4.46. The molecule has 1 heterocycles. The number of hydrogen-bond acceptors (Lipinski definition) is 2. The average molecular weight is 269 g/mol. The zero-order chi connectivity index (χ0) is 13.4. The van der Waals surface area contributed by atoms with Crippen molar-refractivity contribution in [2.45, 2.75) is 39.3 Å². The first-order valence-electron chi connectivity index (χ1n) is 5.90. The van der Waals surface area contributed by atoms with E-state index in [-0.39, 0.29) is 6.09 Å². The van der Waals surface area contributed by atoms with Crippen molar-refractivity contribution in [3.05, 3.63) is 12.1 Å². The van der Waals surface area contributed by atoms with Gasteiger partial charge in [-0.2, -0.15) is 0 Å². The van der Waals surface area contributed by atoms with Crippen molar-refractivity contribution in [2.24, 2.45) is 0 Å². The van der Waals surface area contributed by atoms with Crippen LogP contribution in [0.15, 0.2) is 12.1 Å². The molecule has 1 aromatic heterocycles. The minimum absolute atomic E-state index is 0.246. The van der Waals surface area contributed by atoms with E-state index >= 15 is 0 Å². The SMILES string of the molecule is COC(=O)n1c([Si](C)(C)C)ccc1[Si](C)(C)C. The summed E-state index contributed by atoms with van der Waals surface area (Å²) < 4.78 is 6.75. The molecule has 1 rings (SSSR count). The Labute approximate surface area is 106 Å². The molecule has 5 heteroatoms. The molecule has 0 radical (unpaired) electrons. The standard InChI is InChI=1S/C12H23NO2Si2/c1-15-12(14)13-10(16(2,3)4)8-9-11(13)17(5,6)7/h8-9H,1-7H3. The van der Waals surface area contributed by atoms with Gasteiger partial charge in [0.2, 0.25) is 0 Å². The second-order valence-corrected chi connectivity index (χ2v) is 16.4. The van der Waals surface area contributed by atoms with Gasteiger partial charge in [-0.25, -0.2) is 4.79 Å². The highest BCUT2D eigenvalue weighted by Gasteiger charge is 2.30. The van der Waals surface area contributed by atoms with Gasteiger partial charge in [0.05, 0.1) is 23.3 Å². The first kappa shape index (κ1) is 14.2. The zero-order valence-electron chi connectivity index (χ0n) is 11.9. The molecule has 0 saturated carbocycles. The van der Waals surface area contributed by atoms with E-state index < -0.39 is 16.1 Å². The summed E-state index contributed by atoms with van der Waals surface area (Å²) in [5.74, 6) is 0. The maximum Gasteiger partial charge on any atom is 0.417 e. The lowest BCUT2D eigenvalue weighted by atomic mass is 10.7. The number of hydrogen-bond donors (Lipinski definition) is 0. The van der Waals surface area contributed by atoms with Crippen molar-refractivity contribution < 1.29 is 9.53 Å². The summed E-state index contributed by atoms with van der Waals surface area (Å²) in [5, 5.41) is 2.31. The Morgan fingerprint density at radius 2 is 1.35 bits per heavy atom. The third-order valence-corrected chi connectivity index (χ3v) is 6.63. The Hall–Kier alpha value is -0.816. The van der Waals surface area contributed by atoms with Crippen molar-refractivity contribution >= 4 is 32.9 Å². The summed E-state index contributed by atoms with van der Waals surface area (Å²) in [4.78, 5) is 12.0. The Morgan fingerprint density at radius 1 is 1.00 bits per heavy atom. The molecule has 0 fully saturated rings. The molecule has 0 saturated heterocycles. The highest BCUT2D eigenvalue weighted by atomic mass is 28.3. The topological polar surface area (TPSA) is 31.2 Å². The van der Waals surface area contributed by atoms with E-state index in [1.54, 1.807) is 0 Å². The number of aromatic nitrogens is 1. The third-order valence-electron chi connectivity index (χ3n) is 2.77. The van der Waals surface area contributed by atoms with Gasteiger partial charge < -0.3 is 4.74 Å². The normalized spacial score (nSPS) is 12.6. The highest BCUT2D eigenvalue weighted by Crippen LogP contribution is 2.08. The Balaban J connectivity index is 3.47. The van der Waals surface area contributed by atoms with Gasteiger partial charge in [0.25, 0.3) is 0 Å². The highest BCUT2D eigenvalue weighted by molar-refractivity contribution is 6.91. The molecular formula is C12H23NO2Si2. The Kier molecular flexibility index (Phi) is 3.73. The molecular weight excluding hydrogens is 246 g/mol. The molecule has 0 unspecified atom stereocenters. The Bertz CT molecular complexity index is 393. The number of methoxy groups -OCH3 is 1. The van der Waals surface area contributed by atoms with E-state index in [0.29, 0.717) is 0 Å². The molecule has 0 bridgehead atoms. The number of nitrogens with zero attached hydrogens (tertiary/aromatic N) is 1. The lowest BCUT2D eigenvalue weighted by molar-refractivity contribution is 0.174. The Morgan fingerprint density at radius 3 is 1.59 bits per heavy atom. The van der Waals surface area contributed by atoms with Crippen LogP contribution in [0.3, 0.4) is 0 Å². The van der Waals surface area contributed by atoms with Gasteiger partial charge in [0.1, 0.15) is 0 Å². The third kappa shape index (κ3) is 2.90. The molecule has 96 valence electrons. The fourth-order valence-electron chi connectivity index (χ4n) is 1.90. The zero-order valence-corrected chi connectivity index (χ0v) is 13.9. The van der Waals surface area contributed by atoms with Crippen LogP contribution in [-0.2, 0) is 4.74 Å². The smallest absolute Gasteiger partial charge is 0.417 e. The van der Waals surface area contributed by atoms with Crippen molar-refractivity contribution in [2.75, 3.05) is 7.11 Å². The first-order chi connectivity index (χ1) is 7.59. The van der Waals surface area contributed by atoms with Crippen LogP contribution in [-0.4, -0.2) is 33.9 Å². The molecule has 0 aliphatic carbocycles. The lowest BCUT2D eigenvalue weighted by Gasteiger charge is -2.23. The van der Waals surface area contributed by atoms with Crippen LogP contribution in [0.1, 0.15) is 0 Å². The number of rotatable bonds is 2. The number of carbonyl (C=O) groups excluding carboxylic acids is 1. The van der Waals surface area contributed by atoms with Crippen molar-refractivity contribution in [1.29, 1.82) is 0 Å². The van der Waals surface area contributed by atoms with Crippen LogP contribution >= 0.6 is 0 Å². The minimum atomic E-state index is -1.53. The fraction of sp³-hybridized carbons (Fsp3) is 0.583. The number of carbonyl (C=O) groups is 1. The van der Waals surface area contributed by atoms with Gasteiger partial charge in [-0.3, -0.25) is 4.57 Å². The average Bonchev–Trinajstić information content (AvgIpc) is 2.58. The predicted octanol–water partition coefficient (Wildman–Crippen LogP) is 2.19. The van der Waals surface area contributed by atoms with Crippen LogP contribution in [0.5, 0.6) is 0 Å². The van der Waals surface area contributed by atoms with E-state index in [1.807, 2.05) is 4.57 Å². The van der Waals surface area contributed by atoms with Gasteiger partial charge in [-0.15, -0.1) is 0 Å². The lowest BCUT2D eigenvalue weighted by Crippen LogP contribution is -2.53. The van der Waals surface area contributed by atoms with Crippen LogP contribution in [0.25, 0.3) is 0 Å². The molecule has 0 N–H and O–H groups in total. The van der Waals surface area contributed by atoms with Gasteiger partial charge >= 0.3 is 6.09 Å². The summed E-state index contributed by atoms with van der Waals surface area (Å²) in [6.45, 7) is 13.5. The molecule has 3 nitrogen and oxygen atoms in total. The minimum Gasteiger partial charge on any atom is -0.452 e. The van der Waals surface area contributed by atoms with Gasteiger partial charge in [-0.1, -0.05) is 39.3 Å². The van der Waals surface area contributed by atoms with Crippen LogP contribution in [0.2, 0.25) is 39.3 Å². The van der Waals surface area contributed by atoms with Crippen molar-refractivity contribution in [3.63, 3.8) is 0 Å². The molecule has 0 atom stereocenters. The molecule has 17 heavy (non-hydrogen) atoms. The molecule has 0 spiro atoms. The monoisotopic (exact) mass is 269 g/mol. The quantitative estimate of drug-likeness (QED) is 0.771. The summed E-state index contributed by atoms with van der Waals surface area (Å²) in [6.07, 6.45) is -0.246. The molecule has 0 amide bonds. The molecule has 0 aliphatic heterocycles. The maximum atomic E-state index is 12.0. The molecule has 0 aromatic carbocycles.